The second-order valence-electron chi connectivity index (χ2n) is 4.25. The lowest BCUT2D eigenvalue weighted by molar-refractivity contribution is -0.0473. The second-order valence-corrected chi connectivity index (χ2v) is 5.23. The zero-order valence-electron chi connectivity index (χ0n) is 10.2. The van der Waals surface area contributed by atoms with Gasteiger partial charge in [-0.05, 0) is 17.5 Å². The Hall–Kier alpha value is -1.74. The average Bonchev–Trinajstić information content (AvgIpc) is 2.67. The minimum atomic E-state index is -3.04. The first-order valence-corrected chi connectivity index (χ1v) is 6.37. The summed E-state index contributed by atoms with van der Waals surface area (Å²) >= 11 is 0.735. The van der Waals surface area contributed by atoms with E-state index in [2.05, 4.69) is 4.74 Å². The maximum absolute atomic E-state index is 13.8. The lowest BCUT2D eigenvalue weighted by Gasteiger charge is -2.07. The number of hydrogen-bond acceptors (Lipinski definition) is 3. The van der Waals surface area contributed by atoms with Gasteiger partial charge in [-0.2, -0.15) is 14.0 Å². The number of alkyl halides is 2. The molecule has 2 nitrogen and oxygen atoms in total. The predicted octanol–water partition coefficient (Wildman–Crippen LogP) is 4.64. The summed E-state index contributed by atoms with van der Waals surface area (Å²) < 4.78 is 42.9. The summed E-state index contributed by atoms with van der Waals surface area (Å²) in [6.07, 6.45) is 0. The molecule has 0 saturated carbocycles. The number of ether oxygens (including phenoxy) is 1. The highest BCUT2D eigenvalue weighted by Gasteiger charge is 2.22. The van der Waals surface area contributed by atoms with Gasteiger partial charge in [0.25, 0.3) is 0 Å². The fourth-order valence-electron chi connectivity index (χ4n) is 1.92. The maximum Gasteiger partial charge on any atom is 0.388 e. The smallest absolute Gasteiger partial charge is 0.388 e. The van der Waals surface area contributed by atoms with Gasteiger partial charge in [-0.1, -0.05) is 31.3 Å². The van der Waals surface area contributed by atoms with E-state index in [1.807, 2.05) is 19.9 Å². The van der Waals surface area contributed by atoms with E-state index in [1.165, 1.54) is 6.07 Å². The number of thiophene rings is 1. The van der Waals surface area contributed by atoms with E-state index in [0.717, 1.165) is 16.9 Å². The first kappa shape index (κ1) is 13.7. The lowest BCUT2D eigenvalue weighted by Crippen LogP contribution is -2.01. The Morgan fingerprint density at radius 3 is 2.53 bits per heavy atom. The molecule has 0 amide bonds. The van der Waals surface area contributed by atoms with Gasteiger partial charge >= 0.3 is 6.61 Å². The number of fused-ring (bicyclic) bond motifs is 1. The molecule has 0 bridgehead atoms. The Morgan fingerprint density at radius 1 is 1.32 bits per heavy atom. The first-order chi connectivity index (χ1) is 8.95. The zero-order valence-corrected chi connectivity index (χ0v) is 11.0. The van der Waals surface area contributed by atoms with Crippen LogP contribution < -0.4 is 4.74 Å². The van der Waals surface area contributed by atoms with Crippen molar-refractivity contribution in [1.29, 1.82) is 5.26 Å². The molecule has 0 aliphatic heterocycles. The molecular weight excluding hydrogens is 275 g/mol. The van der Waals surface area contributed by atoms with Crippen LogP contribution in [0.25, 0.3) is 10.1 Å². The van der Waals surface area contributed by atoms with Crippen LogP contribution in [0.3, 0.4) is 0 Å². The summed E-state index contributed by atoms with van der Waals surface area (Å²) in [7, 11) is 0. The van der Waals surface area contributed by atoms with Crippen molar-refractivity contribution in [3.63, 3.8) is 0 Å². The average molecular weight is 285 g/mol. The quantitative estimate of drug-likeness (QED) is 0.823. The van der Waals surface area contributed by atoms with Gasteiger partial charge in [-0.25, -0.2) is 4.39 Å². The topological polar surface area (TPSA) is 33.0 Å². The van der Waals surface area contributed by atoms with Gasteiger partial charge in [0.1, 0.15) is 17.4 Å². The molecule has 2 rings (SSSR count). The van der Waals surface area contributed by atoms with Crippen molar-refractivity contribution < 1.29 is 17.9 Å². The summed E-state index contributed by atoms with van der Waals surface area (Å²) in [5.41, 5.74) is 0.719. The van der Waals surface area contributed by atoms with Crippen LogP contribution in [0.15, 0.2) is 12.1 Å². The standard InChI is InChI=1S/C13H10F3NOS/c1-6(2)7-3-4-9(14)11-10(7)8(5-17)12(19-11)18-13(15)16/h3-4,6,13H,1-2H3. The van der Waals surface area contributed by atoms with Crippen LogP contribution >= 0.6 is 11.3 Å². The van der Waals surface area contributed by atoms with Crippen molar-refractivity contribution in [3.8, 4) is 11.1 Å². The molecule has 1 aromatic heterocycles. The maximum atomic E-state index is 13.8. The fraction of sp³-hybridized carbons (Fsp3) is 0.308. The zero-order chi connectivity index (χ0) is 14.2. The van der Waals surface area contributed by atoms with E-state index in [-0.39, 0.29) is 21.2 Å². The van der Waals surface area contributed by atoms with Crippen molar-refractivity contribution >= 4 is 21.4 Å². The summed E-state index contributed by atoms with van der Waals surface area (Å²) in [5, 5.41) is 9.26. The third kappa shape index (κ3) is 2.38. The Kier molecular flexibility index (Phi) is 3.67. The largest absolute Gasteiger partial charge is 0.423 e. The van der Waals surface area contributed by atoms with Gasteiger partial charge in [0.2, 0.25) is 0 Å². The van der Waals surface area contributed by atoms with E-state index in [9.17, 15) is 13.2 Å². The van der Waals surface area contributed by atoms with Gasteiger partial charge in [0, 0.05) is 5.39 Å². The Balaban J connectivity index is 2.79. The third-order valence-corrected chi connectivity index (χ3v) is 3.81. The van der Waals surface area contributed by atoms with Crippen molar-refractivity contribution in [2.24, 2.45) is 0 Å². The Labute approximate surface area is 112 Å². The van der Waals surface area contributed by atoms with E-state index < -0.39 is 12.4 Å². The minimum absolute atomic E-state index is 0.0245. The van der Waals surface area contributed by atoms with Crippen LogP contribution in [0.5, 0.6) is 5.06 Å². The summed E-state index contributed by atoms with van der Waals surface area (Å²) in [6.45, 7) is 0.740. The van der Waals surface area contributed by atoms with E-state index in [0.29, 0.717) is 5.39 Å². The molecule has 0 saturated heterocycles. The Bertz CT molecular complexity index is 658. The summed E-state index contributed by atoms with van der Waals surface area (Å²) in [4.78, 5) is 0. The van der Waals surface area contributed by atoms with Gasteiger partial charge in [-0.3, -0.25) is 0 Å². The number of rotatable bonds is 3. The molecule has 0 aliphatic carbocycles. The highest BCUT2D eigenvalue weighted by Crippen LogP contribution is 2.42. The molecule has 0 unspecified atom stereocenters. The van der Waals surface area contributed by atoms with Crippen LogP contribution in [0, 0.1) is 17.1 Å². The molecule has 1 aromatic carbocycles. The summed E-state index contributed by atoms with van der Waals surface area (Å²) in [5.74, 6) is -0.491. The van der Waals surface area contributed by atoms with Crippen LogP contribution in [0.2, 0.25) is 0 Å². The molecule has 0 aliphatic rings. The lowest BCUT2D eigenvalue weighted by atomic mass is 9.97. The second kappa shape index (κ2) is 5.10. The van der Waals surface area contributed by atoms with Crippen LogP contribution in [0.4, 0.5) is 13.2 Å². The molecular formula is C13H10F3NOS. The molecule has 6 heteroatoms. The van der Waals surface area contributed by atoms with E-state index in [1.54, 1.807) is 6.07 Å². The molecule has 0 fully saturated rings. The van der Waals surface area contributed by atoms with Crippen LogP contribution in [0.1, 0.15) is 30.9 Å². The number of halogens is 3. The van der Waals surface area contributed by atoms with Crippen LogP contribution in [-0.4, -0.2) is 6.61 Å². The normalized spacial score (nSPS) is 11.3. The fourth-order valence-corrected chi connectivity index (χ4v) is 2.97. The molecule has 2 aromatic rings. The monoisotopic (exact) mass is 285 g/mol. The number of nitriles is 1. The van der Waals surface area contributed by atoms with Gasteiger partial charge in [0.05, 0.1) is 4.70 Å². The van der Waals surface area contributed by atoms with Gasteiger partial charge in [0.15, 0.2) is 5.06 Å². The van der Waals surface area contributed by atoms with Crippen LogP contribution in [-0.2, 0) is 0 Å². The van der Waals surface area contributed by atoms with Crippen molar-refractivity contribution in [2.75, 3.05) is 0 Å². The molecule has 0 radical (unpaired) electrons. The number of nitrogens with zero attached hydrogens (tertiary/aromatic N) is 1. The molecule has 0 atom stereocenters. The molecule has 1 heterocycles. The molecule has 0 N–H and O–H groups in total. The van der Waals surface area contributed by atoms with Gasteiger partial charge < -0.3 is 4.74 Å². The molecule has 100 valence electrons. The third-order valence-electron chi connectivity index (χ3n) is 2.72. The van der Waals surface area contributed by atoms with Gasteiger partial charge in [-0.15, -0.1) is 0 Å². The van der Waals surface area contributed by atoms with Crippen molar-refractivity contribution in [2.45, 2.75) is 26.4 Å². The summed E-state index contributed by atoms with van der Waals surface area (Å²) in [6, 6.07) is 4.68. The predicted molar refractivity (Wildman–Crippen MR) is 67.2 cm³/mol. The van der Waals surface area contributed by atoms with Crippen molar-refractivity contribution in [3.05, 3.63) is 29.1 Å². The molecule has 19 heavy (non-hydrogen) atoms. The highest BCUT2D eigenvalue weighted by molar-refractivity contribution is 7.21. The first-order valence-electron chi connectivity index (χ1n) is 5.55. The minimum Gasteiger partial charge on any atom is -0.423 e. The van der Waals surface area contributed by atoms with E-state index >= 15 is 0 Å². The number of hydrogen-bond donors (Lipinski definition) is 0. The van der Waals surface area contributed by atoms with E-state index in [4.69, 9.17) is 5.26 Å². The number of benzene rings is 1. The molecule has 0 spiro atoms. The SMILES string of the molecule is CC(C)c1ccc(F)c2sc(OC(F)F)c(C#N)c12. The Morgan fingerprint density at radius 2 is 2.00 bits per heavy atom. The highest BCUT2D eigenvalue weighted by atomic mass is 32.1. The van der Waals surface area contributed by atoms with Crippen molar-refractivity contribution in [1.82, 2.24) is 0 Å².